The highest BCUT2D eigenvalue weighted by Gasteiger charge is 2.49. The van der Waals surface area contributed by atoms with Gasteiger partial charge in [-0.2, -0.15) is 13.2 Å². The molecule has 4 amide bonds. The normalized spacial score (nSPS) is 26.8. The summed E-state index contributed by atoms with van der Waals surface area (Å²) in [4.78, 5) is 71.9. The van der Waals surface area contributed by atoms with Crippen LogP contribution < -0.4 is 10.2 Å². The van der Waals surface area contributed by atoms with Crippen LogP contribution in [0.2, 0.25) is 5.15 Å². The molecule has 0 unspecified atom stereocenters. The van der Waals surface area contributed by atoms with Crippen LogP contribution >= 0.6 is 35.6 Å². The molecular weight excluding hydrogens is 1160 g/mol. The van der Waals surface area contributed by atoms with Gasteiger partial charge in [-0.1, -0.05) is 53.1 Å². The van der Waals surface area contributed by atoms with Crippen LogP contribution in [0.4, 0.5) is 19.0 Å². The average molecular weight is 1240 g/mol. The molecule has 21 heteroatoms. The summed E-state index contributed by atoms with van der Waals surface area (Å²) in [6.45, 7) is 30.5. The van der Waals surface area contributed by atoms with Crippen LogP contribution in [0.5, 0.6) is 0 Å². The molecule has 6 fully saturated rings. The highest BCUT2D eigenvalue weighted by atomic mass is 127. The summed E-state index contributed by atoms with van der Waals surface area (Å²) in [6, 6.07) is 6.57. The predicted molar refractivity (Wildman–Crippen MR) is 309 cm³/mol. The first kappa shape index (κ1) is 62.4. The van der Waals surface area contributed by atoms with Crippen molar-refractivity contribution in [2.75, 3.05) is 57.3 Å². The molecule has 4 saturated heterocycles. The van der Waals surface area contributed by atoms with Gasteiger partial charge in [-0.05, 0) is 129 Å². The van der Waals surface area contributed by atoms with E-state index in [1.165, 1.54) is 0 Å². The third kappa shape index (κ3) is 13.7. The van der Waals surface area contributed by atoms with Crippen molar-refractivity contribution in [2.45, 2.75) is 193 Å². The van der Waals surface area contributed by atoms with Gasteiger partial charge in [0.2, 0.25) is 11.8 Å². The molecule has 10 rings (SSSR count). The van der Waals surface area contributed by atoms with Crippen LogP contribution in [-0.2, 0) is 20.4 Å². The molecular formula is C58H83ClF3IN8O8. The molecule has 0 spiro atoms. The summed E-state index contributed by atoms with van der Waals surface area (Å²) in [7, 11) is 0. The second-order valence-electron chi connectivity index (χ2n) is 26.8. The number of aliphatic hydroxyl groups is 2. The van der Waals surface area contributed by atoms with Gasteiger partial charge in [0.1, 0.15) is 28.0 Å². The van der Waals surface area contributed by atoms with Crippen LogP contribution in [0.3, 0.4) is 0 Å². The minimum Gasteiger partial charge on any atom is -0.449 e. The van der Waals surface area contributed by atoms with Crippen molar-refractivity contribution in [1.29, 1.82) is 0 Å². The molecule has 3 N–H and O–H groups in total. The number of nitrogens with one attached hydrogen (secondary N) is 1. The molecule has 8 heterocycles. The van der Waals surface area contributed by atoms with E-state index in [-0.39, 0.29) is 82.5 Å². The zero-order chi connectivity index (χ0) is 57.5. The van der Waals surface area contributed by atoms with Gasteiger partial charge in [-0.15, -0.1) is 24.0 Å². The number of carbonyl (C=O) groups excluding carboxylic acids is 4. The Morgan fingerprint density at radius 3 is 1.46 bits per heavy atom. The molecule has 2 aliphatic carbocycles. The molecule has 438 valence electrons. The molecule has 16 nitrogen and oxygen atoms in total. The van der Waals surface area contributed by atoms with Crippen molar-refractivity contribution in [3.8, 4) is 0 Å². The number of nitrogens with zero attached hydrogens (tertiary/aromatic N) is 7. The summed E-state index contributed by atoms with van der Waals surface area (Å²) in [5.41, 5.74) is 1.51. The van der Waals surface area contributed by atoms with Crippen LogP contribution in [-0.4, -0.2) is 156 Å². The average Bonchev–Trinajstić information content (AvgIpc) is 4.15. The standard InChI is InChI=1S/C29H42N4O4.C24H32ClN3O4.C5H8F3N.HI/c1-18-9-8-10-32(18)23-13-20(27(2,3)4)24-21(30-23)14-22(37-24)26(35)33-12-11-31(17-28(33,5)6)25(34)19-15-29(7,36)16-19;1-22(2,3)15-9-18(25)26-16-10-17(32-19(15)16)21(30)28-8-7-27(13-23(28,4)5)20(29)14-11-24(6,31)12-14;6-5(7,8)4-2-1-3-9-4;/h13-14,18-19,36H,8-12,15-17H2,1-7H3;9-10,14,31H,7-8,11-13H2,1-6H3;4,9H,1-3H2;1H/t18-,19?,29?;;4-;/m1.0./s1. The lowest BCUT2D eigenvalue weighted by molar-refractivity contribution is -0.153. The third-order valence-corrected chi connectivity index (χ3v) is 16.8. The first-order valence-corrected chi connectivity index (χ1v) is 28.1. The fourth-order valence-corrected chi connectivity index (χ4v) is 12.5. The molecule has 4 aromatic rings. The molecule has 79 heavy (non-hydrogen) atoms. The molecule has 0 radical (unpaired) electrons. The third-order valence-electron chi connectivity index (χ3n) is 16.6. The number of pyridine rings is 2. The van der Waals surface area contributed by atoms with Gasteiger partial charge in [0.05, 0.1) is 22.3 Å². The maximum atomic E-state index is 13.8. The number of halogens is 5. The Balaban J connectivity index is 0.000000197. The number of amides is 4. The molecule has 4 aliphatic heterocycles. The number of aromatic nitrogens is 2. The fraction of sp³-hybridized carbons (Fsp3) is 0.690. The Labute approximate surface area is 484 Å². The van der Waals surface area contributed by atoms with E-state index in [0.717, 1.165) is 36.3 Å². The second-order valence-corrected chi connectivity index (χ2v) is 27.2. The van der Waals surface area contributed by atoms with Crippen molar-refractivity contribution in [3.63, 3.8) is 0 Å². The Kier molecular flexibility index (Phi) is 17.7. The summed E-state index contributed by atoms with van der Waals surface area (Å²) in [5, 5.41) is 22.8. The Hall–Kier alpha value is -4.25. The van der Waals surface area contributed by atoms with Gasteiger partial charge in [-0.25, -0.2) is 9.97 Å². The molecule has 4 aromatic heterocycles. The number of alkyl halides is 3. The number of fused-ring (bicyclic) bond motifs is 2. The molecule has 6 aliphatic rings. The van der Waals surface area contributed by atoms with E-state index in [1.807, 2.05) is 42.4 Å². The van der Waals surface area contributed by atoms with Crippen molar-refractivity contribution < 1.29 is 51.4 Å². The highest BCUT2D eigenvalue weighted by molar-refractivity contribution is 14.0. The zero-order valence-corrected chi connectivity index (χ0v) is 51.4. The van der Waals surface area contributed by atoms with Crippen LogP contribution in [0.1, 0.15) is 174 Å². The van der Waals surface area contributed by atoms with Gasteiger partial charge >= 0.3 is 6.18 Å². The number of hydrogen-bond donors (Lipinski definition) is 3. The van der Waals surface area contributed by atoms with Gasteiger partial charge < -0.3 is 48.9 Å². The molecule has 0 aromatic carbocycles. The first-order chi connectivity index (χ1) is 35.9. The van der Waals surface area contributed by atoms with E-state index < -0.39 is 34.5 Å². The minimum absolute atomic E-state index is 0. The Morgan fingerprint density at radius 1 is 0.658 bits per heavy atom. The highest BCUT2D eigenvalue weighted by Crippen LogP contribution is 2.42. The van der Waals surface area contributed by atoms with Gasteiger partial charge in [0.15, 0.2) is 22.7 Å². The van der Waals surface area contributed by atoms with Crippen molar-refractivity contribution in [1.82, 2.24) is 34.9 Å². The van der Waals surface area contributed by atoms with E-state index in [0.29, 0.717) is 117 Å². The maximum absolute atomic E-state index is 13.8. The maximum Gasteiger partial charge on any atom is 0.403 e. The van der Waals surface area contributed by atoms with Crippen molar-refractivity contribution in [2.24, 2.45) is 11.8 Å². The van der Waals surface area contributed by atoms with Crippen LogP contribution in [0.25, 0.3) is 22.2 Å². The summed E-state index contributed by atoms with van der Waals surface area (Å²) in [5.74, 6) is 0.964. The quantitative estimate of drug-likeness (QED) is 0.127. The molecule has 2 saturated carbocycles. The van der Waals surface area contributed by atoms with Crippen LogP contribution in [0.15, 0.2) is 33.1 Å². The summed E-state index contributed by atoms with van der Waals surface area (Å²) >= 11 is 6.22. The summed E-state index contributed by atoms with van der Waals surface area (Å²) < 4.78 is 47.4. The van der Waals surface area contributed by atoms with Gasteiger partial charge in [0, 0.05) is 87.0 Å². The number of piperazine rings is 2. The van der Waals surface area contributed by atoms with E-state index in [4.69, 9.17) is 25.4 Å². The van der Waals surface area contributed by atoms with Gasteiger partial charge in [-0.3, -0.25) is 19.2 Å². The molecule has 2 atom stereocenters. The number of anilines is 1. The fourth-order valence-electron chi connectivity index (χ4n) is 12.3. The predicted octanol–water partition coefficient (Wildman–Crippen LogP) is 10.3. The lowest BCUT2D eigenvalue weighted by Gasteiger charge is -2.49. The largest absolute Gasteiger partial charge is 0.449 e. The zero-order valence-electron chi connectivity index (χ0n) is 48.3. The monoisotopic (exact) mass is 1240 g/mol. The van der Waals surface area contributed by atoms with Crippen molar-refractivity contribution in [3.05, 3.63) is 52.1 Å². The van der Waals surface area contributed by atoms with E-state index in [2.05, 4.69) is 69.7 Å². The van der Waals surface area contributed by atoms with Crippen LogP contribution in [0, 0.1) is 11.8 Å². The molecule has 0 bridgehead atoms. The minimum atomic E-state index is -4.03. The van der Waals surface area contributed by atoms with Gasteiger partial charge in [0.25, 0.3) is 11.8 Å². The van der Waals surface area contributed by atoms with Crippen molar-refractivity contribution >= 4 is 87.2 Å². The SMILES string of the molecule is CC1(O)CC(C(=O)N2CCN(C(=O)c3cc4nc(Cl)cc(C(C)(C)C)c4o3)C(C)(C)C2)C1.C[C@@H]1CCCN1c1cc(C(C)(C)C)c2oc(C(=O)N3CCN(C(=O)C4CC(C)(O)C4)CC3(C)C)cc2n1.FC(F)(F)[C@@H]1CCCN1.I. The number of rotatable bonds is 5. The smallest absolute Gasteiger partial charge is 0.403 e. The second kappa shape index (κ2) is 22.5. The Bertz CT molecular complexity index is 2900. The summed E-state index contributed by atoms with van der Waals surface area (Å²) in [6.07, 6.45) is 1.17. The lowest BCUT2D eigenvalue weighted by atomic mass is 9.71. The number of hydrogen-bond acceptors (Lipinski definition) is 12. The van der Waals surface area contributed by atoms with E-state index in [9.17, 15) is 42.6 Å². The topological polar surface area (TPSA) is 189 Å². The lowest BCUT2D eigenvalue weighted by Crippen LogP contribution is -2.63. The van der Waals surface area contributed by atoms with E-state index in [1.54, 1.807) is 36.9 Å². The van der Waals surface area contributed by atoms with E-state index >= 15 is 0 Å². The number of carbonyl (C=O) groups is 4. The first-order valence-electron chi connectivity index (χ1n) is 27.7. The Morgan fingerprint density at radius 2 is 1.10 bits per heavy atom. The number of furan rings is 2.